The van der Waals surface area contributed by atoms with E-state index in [0.29, 0.717) is 0 Å². The minimum atomic E-state index is 0.116. The standard InChI is InChI=1S/C13H21N5/c1-13(2,3)15-7-12-9-18(10-14-12)8-11-5-6-17(4)16-11/h5-6,9-10,15H,7-8H2,1-4H3. The van der Waals surface area contributed by atoms with Crippen molar-refractivity contribution >= 4 is 0 Å². The fourth-order valence-electron chi connectivity index (χ4n) is 1.67. The second-order valence-electron chi connectivity index (χ2n) is 5.62. The number of nitrogens with one attached hydrogen (secondary N) is 1. The van der Waals surface area contributed by atoms with Crippen molar-refractivity contribution in [1.82, 2.24) is 24.6 Å². The number of rotatable bonds is 4. The van der Waals surface area contributed by atoms with Crippen molar-refractivity contribution in [1.29, 1.82) is 0 Å². The third-order valence-corrected chi connectivity index (χ3v) is 2.60. The molecule has 2 heterocycles. The van der Waals surface area contributed by atoms with E-state index in [0.717, 1.165) is 24.5 Å². The molecule has 18 heavy (non-hydrogen) atoms. The summed E-state index contributed by atoms with van der Waals surface area (Å²) in [7, 11) is 1.93. The maximum absolute atomic E-state index is 4.39. The second-order valence-corrected chi connectivity index (χ2v) is 5.62. The van der Waals surface area contributed by atoms with Gasteiger partial charge < -0.3 is 9.88 Å². The van der Waals surface area contributed by atoms with Crippen LogP contribution in [0, 0.1) is 0 Å². The van der Waals surface area contributed by atoms with Crippen LogP contribution in [0.3, 0.4) is 0 Å². The van der Waals surface area contributed by atoms with Crippen LogP contribution < -0.4 is 5.32 Å². The summed E-state index contributed by atoms with van der Waals surface area (Å²) in [6.07, 6.45) is 5.87. The molecule has 5 heteroatoms. The van der Waals surface area contributed by atoms with Crippen LogP contribution in [0.5, 0.6) is 0 Å². The van der Waals surface area contributed by atoms with Gasteiger partial charge in [-0.1, -0.05) is 0 Å². The lowest BCUT2D eigenvalue weighted by molar-refractivity contribution is 0.421. The fourth-order valence-corrected chi connectivity index (χ4v) is 1.67. The maximum atomic E-state index is 4.39. The van der Waals surface area contributed by atoms with Crippen molar-refractivity contribution in [2.45, 2.75) is 39.4 Å². The molecule has 0 atom stereocenters. The SMILES string of the molecule is Cn1ccc(Cn2cnc(CNC(C)(C)C)c2)n1. The number of hydrogen-bond donors (Lipinski definition) is 1. The number of hydrogen-bond acceptors (Lipinski definition) is 3. The minimum absolute atomic E-state index is 0.116. The summed E-state index contributed by atoms with van der Waals surface area (Å²) >= 11 is 0. The van der Waals surface area contributed by atoms with Crippen molar-refractivity contribution in [2.24, 2.45) is 7.05 Å². The number of aromatic nitrogens is 4. The summed E-state index contributed by atoms with van der Waals surface area (Å²) in [5.74, 6) is 0. The van der Waals surface area contributed by atoms with E-state index in [1.807, 2.05) is 30.3 Å². The third-order valence-electron chi connectivity index (χ3n) is 2.60. The lowest BCUT2D eigenvalue weighted by Crippen LogP contribution is -2.35. The van der Waals surface area contributed by atoms with Gasteiger partial charge in [-0.25, -0.2) is 4.98 Å². The molecule has 2 rings (SSSR count). The summed E-state index contributed by atoms with van der Waals surface area (Å²) in [5.41, 5.74) is 2.22. The van der Waals surface area contributed by atoms with Crippen LogP contribution in [0.2, 0.25) is 0 Å². The first-order chi connectivity index (χ1) is 8.42. The molecule has 0 radical (unpaired) electrons. The Kier molecular flexibility index (Phi) is 3.52. The molecule has 0 aliphatic rings. The van der Waals surface area contributed by atoms with Crippen molar-refractivity contribution in [2.75, 3.05) is 0 Å². The Hall–Kier alpha value is -1.62. The normalized spacial score (nSPS) is 12.0. The van der Waals surface area contributed by atoms with Gasteiger partial charge in [0, 0.05) is 31.5 Å². The third kappa shape index (κ3) is 3.70. The highest BCUT2D eigenvalue weighted by Crippen LogP contribution is 2.04. The van der Waals surface area contributed by atoms with Gasteiger partial charge in [0.15, 0.2) is 0 Å². The molecule has 5 nitrogen and oxygen atoms in total. The average Bonchev–Trinajstić information content (AvgIpc) is 2.85. The van der Waals surface area contributed by atoms with Gasteiger partial charge in [0.05, 0.1) is 24.3 Å². The average molecular weight is 247 g/mol. The summed E-state index contributed by atoms with van der Waals surface area (Å²) in [6.45, 7) is 8.01. The molecule has 0 spiro atoms. The monoisotopic (exact) mass is 247 g/mol. The van der Waals surface area contributed by atoms with Crippen molar-refractivity contribution < 1.29 is 0 Å². The molecule has 2 aromatic heterocycles. The van der Waals surface area contributed by atoms with Gasteiger partial charge in [-0.3, -0.25) is 4.68 Å². The topological polar surface area (TPSA) is 47.7 Å². The lowest BCUT2D eigenvalue weighted by atomic mass is 10.1. The Labute approximate surface area is 108 Å². The zero-order chi connectivity index (χ0) is 13.2. The molecule has 0 bridgehead atoms. The summed E-state index contributed by atoms with van der Waals surface area (Å²) in [4.78, 5) is 4.39. The van der Waals surface area contributed by atoms with Crippen LogP contribution in [0.4, 0.5) is 0 Å². The number of imidazole rings is 1. The lowest BCUT2D eigenvalue weighted by Gasteiger charge is -2.19. The van der Waals surface area contributed by atoms with Gasteiger partial charge in [-0.15, -0.1) is 0 Å². The maximum Gasteiger partial charge on any atom is 0.0953 e. The summed E-state index contributed by atoms with van der Waals surface area (Å²) in [5, 5.41) is 7.78. The van der Waals surface area contributed by atoms with E-state index >= 15 is 0 Å². The van der Waals surface area contributed by atoms with Gasteiger partial charge >= 0.3 is 0 Å². The quantitative estimate of drug-likeness (QED) is 0.891. The predicted octanol–water partition coefficient (Wildman–Crippen LogP) is 1.55. The van der Waals surface area contributed by atoms with Crippen molar-refractivity contribution in [3.8, 4) is 0 Å². The fraction of sp³-hybridized carbons (Fsp3) is 0.538. The first-order valence-corrected chi connectivity index (χ1v) is 6.16. The molecule has 0 amide bonds. The van der Waals surface area contributed by atoms with Gasteiger partial charge in [0.2, 0.25) is 0 Å². The van der Waals surface area contributed by atoms with E-state index in [1.54, 1.807) is 0 Å². The van der Waals surface area contributed by atoms with Crippen LogP contribution in [-0.4, -0.2) is 24.9 Å². The molecule has 0 aliphatic carbocycles. The molecular formula is C13H21N5. The minimum Gasteiger partial charge on any atom is -0.331 e. The Morgan fingerprint density at radius 1 is 1.28 bits per heavy atom. The molecule has 0 unspecified atom stereocenters. The highest BCUT2D eigenvalue weighted by molar-refractivity contribution is 5.03. The molecule has 0 aliphatic heterocycles. The molecule has 2 aromatic rings. The van der Waals surface area contributed by atoms with Crippen LogP contribution in [-0.2, 0) is 20.1 Å². The molecule has 98 valence electrons. The second kappa shape index (κ2) is 4.94. The van der Waals surface area contributed by atoms with E-state index < -0.39 is 0 Å². The molecule has 1 N–H and O–H groups in total. The van der Waals surface area contributed by atoms with Crippen LogP contribution in [0.25, 0.3) is 0 Å². The first kappa shape index (κ1) is 12.8. The highest BCUT2D eigenvalue weighted by atomic mass is 15.3. The Bertz CT molecular complexity index is 503. The molecular weight excluding hydrogens is 226 g/mol. The zero-order valence-corrected chi connectivity index (χ0v) is 11.5. The largest absolute Gasteiger partial charge is 0.331 e. The first-order valence-electron chi connectivity index (χ1n) is 6.16. The Morgan fingerprint density at radius 2 is 2.06 bits per heavy atom. The van der Waals surface area contributed by atoms with Crippen LogP contribution in [0.1, 0.15) is 32.2 Å². The highest BCUT2D eigenvalue weighted by Gasteiger charge is 2.09. The van der Waals surface area contributed by atoms with Gasteiger partial charge in [-0.2, -0.15) is 5.10 Å². The van der Waals surface area contributed by atoms with Gasteiger partial charge in [-0.05, 0) is 26.8 Å². The Balaban J connectivity index is 1.94. The van der Waals surface area contributed by atoms with E-state index in [-0.39, 0.29) is 5.54 Å². The van der Waals surface area contributed by atoms with Crippen molar-refractivity contribution in [3.05, 3.63) is 36.2 Å². The Morgan fingerprint density at radius 3 is 2.67 bits per heavy atom. The molecule has 0 saturated heterocycles. The van der Waals surface area contributed by atoms with Crippen LogP contribution in [0.15, 0.2) is 24.8 Å². The van der Waals surface area contributed by atoms with E-state index in [4.69, 9.17) is 0 Å². The smallest absolute Gasteiger partial charge is 0.0953 e. The van der Waals surface area contributed by atoms with Gasteiger partial charge in [0.1, 0.15) is 0 Å². The zero-order valence-electron chi connectivity index (χ0n) is 11.5. The number of aryl methyl sites for hydroxylation is 1. The summed E-state index contributed by atoms with van der Waals surface area (Å²) < 4.78 is 3.87. The van der Waals surface area contributed by atoms with Gasteiger partial charge in [0.25, 0.3) is 0 Å². The summed E-state index contributed by atoms with van der Waals surface area (Å²) in [6, 6.07) is 2.02. The van der Waals surface area contributed by atoms with E-state index in [2.05, 4.69) is 46.9 Å². The van der Waals surface area contributed by atoms with Crippen molar-refractivity contribution in [3.63, 3.8) is 0 Å². The number of nitrogens with zero attached hydrogens (tertiary/aromatic N) is 4. The molecule has 0 aromatic carbocycles. The van der Waals surface area contributed by atoms with Crippen LogP contribution >= 0.6 is 0 Å². The molecule has 0 fully saturated rings. The predicted molar refractivity (Wildman–Crippen MR) is 71.1 cm³/mol. The molecule has 0 saturated carbocycles. The van der Waals surface area contributed by atoms with E-state index in [1.165, 1.54) is 0 Å². The van der Waals surface area contributed by atoms with E-state index in [9.17, 15) is 0 Å².